The van der Waals surface area contributed by atoms with Crippen molar-refractivity contribution in [2.45, 2.75) is 25.9 Å². The molecule has 2 amide bonds. The molecule has 0 saturated carbocycles. The average Bonchev–Trinajstić information content (AvgIpc) is 3.07. The van der Waals surface area contributed by atoms with Crippen LogP contribution in [-0.2, 0) is 0 Å². The van der Waals surface area contributed by atoms with Crippen LogP contribution in [0.4, 0.5) is 9.18 Å². The first-order valence-corrected chi connectivity index (χ1v) is 7.34. The molecule has 0 aliphatic carbocycles. The first-order chi connectivity index (χ1) is 11.0. The maximum absolute atomic E-state index is 14.1. The van der Waals surface area contributed by atoms with E-state index in [0.717, 1.165) is 0 Å². The lowest BCUT2D eigenvalue weighted by atomic mass is 10.1. The van der Waals surface area contributed by atoms with Crippen LogP contribution < -0.4 is 10.1 Å². The van der Waals surface area contributed by atoms with Crippen LogP contribution in [0.2, 0.25) is 0 Å². The highest BCUT2D eigenvalue weighted by molar-refractivity contribution is 5.75. The second kappa shape index (κ2) is 7.17. The van der Waals surface area contributed by atoms with Crippen molar-refractivity contribution in [1.29, 1.82) is 0 Å². The standard InChI is InChI=1S/C17H21FN2O3/c1-11(16-13(18)7-5-8-15(16)22-4)19-17(21)20(3)12(2)14-9-6-10-23-14/h5-12H,1-4H3,(H,19,21). The summed E-state index contributed by atoms with van der Waals surface area (Å²) in [5.74, 6) is 0.664. The van der Waals surface area contributed by atoms with Crippen molar-refractivity contribution in [3.63, 3.8) is 0 Å². The van der Waals surface area contributed by atoms with Crippen LogP contribution in [0.1, 0.15) is 37.3 Å². The van der Waals surface area contributed by atoms with Crippen LogP contribution in [0.5, 0.6) is 5.75 Å². The van der Waals surface area contributed by atoms with Gasteiger partial charge in [0.2, 0.25) is 0 Å². The van der Waals surface area contributed by atoms with Crippen molar-refractivity contribution in [3.05, 3.63) is 53.7 Å². The Balaban J connectivity index is 2.11. The SMILES string of the molecule is COc1cccc(F)c1C(C)NC(=O)N(C)C(C)c1ccco1. The molecule has 5 nitrogen and oxygen atoms in total. The molecule has 0 bridgehead atoms. The maximum atomic E-state index is 14.1. The maximum Gasteiger partial charge on any atom is 0.318 e. The number of benzene rings is 1. The van der Waals surface area contributed by atoms with Crippen LogP contribution in [0.15, 0.2) is 41.0 Å². The molecule has 1 aromatic heterocycles. The normalized spacial score (nSPS) is 13.3. The van der Waals surface area contributed by atoms with E-state index in [9.17, 15) is 9.18 Å². The first kappa shape index (κ1) is 16.9. The van der Waals surface area contributed by atoms with Gasteiger partial charge in [0.05, 0.1) is 31.0 Å². The molecule has 2 unspecified atom stereocenters. The Morgan fingerprint density at radius 3 is 2.65 bits per heavy atom. The first-order valence-electron chi connectivity index (χ1n) is 7.34. The van der Waals surface area contributed by atoms with Gasteiger partial charge in [-0.3, -0.25) is 0 Å². The van der Waals surface area contributed by atoms with E-state index in [1.54, 1.807) is 44.5 Å². The number of rotatable bonds is 5. The molecule has 0 saturated heterocycles. The van der Waals surface area contributed by atoms with Gasteiger partial charge < -0.3 is 19.4 Å². The minimum atomic E-state index is -0.537. The number of furan rings is 1. The van der Waals surface area contributed by atoms with Crippen LogP contribution in [0.3, 0.4) is 0 Å². The molecule has 0 aliphatic rings. The molecule has 0 spiro atoms. The van der Waals surface area contributed by atoms with Crippen molar-refractivity contribution in [1.82, 2.24) is 10.2 Å². The predicted molar refractivity (Wildman–Crippen MR) is 84.8 cm³/mol. The molecular weight excluding hydrogens is 299 g/mol. The molecule has 0 aliphatic heterocycles. The largest absolute Gasteiger partial charge is 0.496 e. The molecule has 6 heteroatoms. The van der Waals surface area contributed by atoms with Crippen LogP contribution in [0.25, 0.3) is 0 Å². The van der Waals surface area contributed by atoms with E-state index in [0.29, 0.717) is 17.1 Å². The molecule has 2 rings (SSSR count). The number of hydrogen-bond donors (Lipinski definition) is 1. The minimum absolute atomic E-state index is 0.236. The van der Waals surface area contributed by atoms with Crippen molar-refractivity contribution < 1.29 is 18.3 Å². The number of nitrogens with one attached hydrogen (secondary N) is 1. The van der Waals surface area contributed by atoms with Crippen molar-refractivity contribution >= 4 is 6.03 Å². The molecule has 1 heterocycles. The number of nitrogens with zero attached hydrogens (tertiary/aromatic N) is 1. The minimum Gasteiger partial charge on any atom is -0.496 e. The summed E-state index contributed by atoms with van der Waals surface area (Å²) in [6.45, 7) is 3.57. The average molecular weight is 320 g/mol. The fourth-order valence-electron chi connectivity index (χ4n) is 2.37. The van der Waals surface area contributed by atoms with Gasteiger partial charge in [0.25, 0.3) is 0 Å². The van der Waals surface area contributed by atoms with Crippen LogP contribution in [-0.4, -0.2) is 25.1 Å². The van der Waals surface area contributed by atoms with Crippen molar-refractivity contribution in [2.24, 2.45) is 0 Å². The molecule has 0 fully saturated rings. The molecule has 0 radical (unpaired) electrons. The summed E-state index contributed by atoms with van der Waals surface area (Å²) in [5, 5.41) is 2.78. The van der Waals surface area contributed by atoms with Crippen LogP contribution in [0, 0.1) is 5.82 Å². The van der Waals surface area contributed by atoms with Gasteiger partial charge in [-0.25, -0.2) is 9.18 Å². The summed E-state index contributed by atoms with van der Waals surface area (Å²) < 4.78 is 24.5. The molecular formula is C17H21FN2O3. The van der Waals surface area contributed by atoms with E-state index in [1.807, 2.05) is 6.92 Å². The van der Waals surface area contributed by atoms with Gasteiger partial charge in [0.1, 0.15) is 17.3 Å². The third-order valence-corrected chi connectivity index (χ3v) is 3.86. The van der Waals surface area contributed by atoms with Crippen molar-refractivity contribution in [2.75, 3.05) is 14.2 Å². The van der Waals surface area contributed by atoms with E-state index >= 15 is 0 Å². The Bertz CT molecular complexity index is 658. The Hall–Kier alpha value is -2.50. The zero-order valence-electron chi connectivity index (χ0n) is 13.7. The second-order valence-corrected chi connectivity index (χ2v) is 5.33. The molecule has 23 heavy (non-hydrogen) atoms. The highest BCUT2D eigenvalue weighted by atomic mass is 19.1. The number of ether oxygens (including phenoxy) is 1. The fourth-order valence-corrected chi connectivity index (χ4v) is 2.37. The number of urea groups is 1. The topological polar surface area (TPSA) is 54.7 Å². The lowest BCUT2D eigenvalue weighted by molar-refractivity contribution is 0.184. The monoisotopic (exact) mass is 320 g/mol. The van der Waals surface area contributed by atoms with E-state index in [2.05, 4.69) is 5.32 Å². The zero-order chi connectivity index (χ0) is 17.0. The summed E-state index contributed by atoms with van der Waals surface area (Å²) >= 11 is 0. The molecule has 2 aromatic rings. The van der Waals surface area contributed by atoms with Gasteiger partial charge in [0, 0.05) is 7.05 Å². The third kappa shape index (κ3) is 3.64. The quantitative estimate of drug-likeness (QED) is 0.909. The summed E-state index contributed by atoms with van der Waals surface area (Å²) in [6.07, 6.45) is 1.56. The molecule has 2 atom stereocenters. The van der Waals surface area contributed by atoms with Gasteiger partial charge in [-0.05, 0) is 38.1 Å². The van der Waals surface area contributed by atoms with Crippen molar-refractivity contribution in [3.8, 4) is 5.75 Å². The molecule has 1 aromatic carbocycles. The van der Waals surface area contributed by atoms with Gasteiger partial charge in [0.15, 0.2) is 0 Å². The summed E-state index contributed by atoms with van der Waals surface area (Å²) in [4.78, 5) is 13.9. The lowest BCUT2D eigenvalue weighted by Gasteiger charge is -2.26. The van der Waals surface area contributed by atoms with E-state index in [-0.39, 0.29) is 12.1 Å². The number of halogens is 1. The van der Waals surface area contributed by atoms with E-state index in [4.69, 9.17) is 9.15 Å². The number of carbonyl (C=O) groups excluding carboxylic acids is 1. The third-order valence-electron chi connectivity index (χ3n) is 3.86. The fraction of sp³-hybridized carbons (Fsp3) is 0.353. The number of amides is 2. The van der Waals surface area contributed by atoms with Crippen LogP contribution >= 0.6 is 0 Å². The Labute approximate surface area is 135 Å². The van der Waals surface area contributed by atoms with E-state index < -0.39 is 11.9 Å². The molecule has 124 valence electrons. The number of methoxy groups -OCH3 is 1. The van der Waals surface area contributed by atoms with Gasteiger partial charge in [-0.1, -0.05) is 6.07 Å². The Kier molecular flexibility index (Phi) is 5.26. The second-order valence-electron chi connectivity index (χ2n) is 5.33. The van der Waals surface area contributed by atoms with E-state index in [1.165, 1.54) is 18.1 Å². The highest BCUT2D eigenvalue weighted by Crippen LogP contribution is 2.28. The molecule has 1 N–H and O–H groups in total. The summed E-state index contributed by atoms with van der Waals surface area (Å²) in [7, 11) is 3.13. The summed E-state index contributed by atoms with van der Waals surface area (Å²) in [6, 6.07) is 7.04. The number of carbonyl (C=O) groups is 1. The Morgan fingerprint density at radius 1 is 1.30 bits per heavy atom. The van der Waals surface area contributed by atoms with Gasteiger partial charge in [-0.15, -0.1) is 0 Å². The Morgan fingerprint density at radius 2 is 2.04 bits per heavy atom. The lowest BCUT2D eigenvalue weighted by Crippen LogP contribution is -2.40. The predicted octanol–water partition coefficient (Wildman–Crippen LogP) is 3.89. The highest BCUT2D eigenvalue weighted by Gasteiger charge is 2.23. The number of hydrogen-bond acceptors (Lipinski definition) is 3. The zero-order valence-corrected chi connectivity index (χ0v) is 13.7. The summed E-state index contributed by atoms with van der Waals surface area (Å²) in [5.41, 5.74) is 0.322. The van der Waals surface area contributed by atoms with Gasteiger partial charge >= 0.3 is 6.03 Å². The van der Waals surface area contributed by atoms with Gasteiger partial charge in [-0.2, -0.15) is 0 Å². The smallest absolute Gasteiger partial charge is 0.318 e.